The van der Waals surface area contributed by atoms with Crippen LogP contribution in [0.25, 0.3) is 0 Å². The van der Waals surface area contributed by atoms with Crippen LogP contribution in [0.3, 0.4) is 0 Å². The maximum atomic E-state index is 12.7. The molecule has 0 saturated heterocycles. The van der Waals surface area contributed by atoms with E-state index >= 15 is 0 Å². The Bertz CT molecular complexity index is 796. The molecule has 0 aliphatic heterocycles. The van der Waals surface area contributed by atoms with E-state index in [1.807, 2.05) is 47.5 Å². The van der Waals surface area contributed by atoms with Gasteiger partial charge in [0, 0.05) is 43.0 Å². The van der Waals surface area contributed by atoms with Gasteiger partial charge in [0.1, 0.15) is 0 Å². The van der Waals surface area contributed by atoms with Gasteiger partial charge >= 0.3 is 0 Å². The third-order valence-electron chi connectivity index (χ3n) is 5.14. The summed E-state index contributed by atoms with van der Waals surface area (Å²) in [7, 11) is 0. The number of aromatic nitrogens is 1. The summed E-state index contributed by atoms with van der Waals surface area (Å²) in [6.07, 6.45) is 9.13. The van der Waals surface area contributed by atoms with Gasteiger partial charge in [-0.1, -0.05) is 18.2 Å². The Labute approximate surface area is 159 Å². The number of carbonyl (C=O) groups excluding carboxylic acids is 2. The number of nitrogens with zero attached hydrogens (tertiary/aromatic N) is 2. The molecule has 2 aliphatic rings. The molecule has 2 amide bonds. The van der Waals surface area contributed by atoms with Crippen LogP contribution in [0.5, 0.6) is 0 Å². The van der Waals surface area contributed by atoms with Crippen molar-refractivity contribution in [2.24, 2.45) is 0 Å². The van der Waals surface area contributed by atoms with E-state index in [9.17, 15) is 9.59 Å². The number of aryl methyl sites for hydroxylation is 1. The van der Waals surface area contributed by atoms with Gasteiger partial charge in [-0.2, -0.15) is 0 Å². The zero-order chi connectivity index (χ0) is 18.6. The van der Waals surface area contributed by atoms with E-state index in [4.69, 9.17) is 0 Å². The van der Waals surface area contributed by atoms with E-state index in [-0.39, 0.29) is 11.8 Å². The minimum absolute atomic E-state index is 0.00403. The number of hydrogen-bond acceptors (Lipinski definition) is 3. The molecule has 1 aromatic heterocycles. The Hall–Kier alpha value is -2.69. The number of hydrogen-bond donors (Lipinski definition) is 1. The van der Waals surface area contributed by atoms with Gasteiger partial charge < -0.3 is 10.2 Å². The predicted octanol–water partition coefficient (Wildman–Crippen LogP) is 3.10. The molecule has 0 unspecified atom stereocenters. The lowest BCUT2D eigenvalue weighted by molar-refractivity contribution is -0.132. The first-order valence-electron chi connectivity index (χ1n) is 9.77. The molecule has 0 spiro atoms. The van der Waals surface area contributed by atoms with Crippen LogP contribution in [-0.4, -0.2) is 33.8 Å². The molecule has 140 valence electrons. The summed E-state index contributed by atoms with van der Waals surface area (Å²) >= 11 is 0. The molecule has 0 bridgehead atoms. The first kappa shape index (κ1) is 17.7. The lowest BCUT2D eigenvalue weighted by atomic mass is 10.1. The number of pyridine rings is 1. The van der Waals surface area contributed by atoms with Crippen molar-refractivity contribution in [3.05, 3.63) is 65.5 Å². The molecule has 1 aromatic carbocycles. The van der Waals surface area contributed by atoms with Gasteiger partial charge in [0.15, 0.2) is 0 Å². The number of amides is 2. The van der Waals surface area contributed by atoms with E-state index in [1.54, 1.807) is 6.20 Å². The molecule has 4 rings (SSSR count). The number of carbonyl (C=O) groups is 2. The molecule has 2 aliphatic carbocycles. The Morgan fingerprint density at radius 1 is 1.04 bits per heavy atom. The zero-order valence-corrected chi connectivity index (χ0v) is 15.4. The third-order valence-corrected chi connectivity index (χ3v) is 5.14. The first-order chi connectivity index (χ1) is 13.2. The van der Waals surface area contributed by atoms with Crippen molar-refractivity contribution in [2.75, 3.05) is 0 Å². The molecule has 5 heteroatoms. The smallest absolute Gasteiger partial charge is 0.251 e. The van der Waals surface area contributed by atoms with Crippen LogP contribution in [-0.2, 0) is 17.8 Å². The van der Waals surface area contributed by atoms with Crippen LogP contribution in [0.15, 0.2) is 48.8 Å². The molecule has 1 N–H and O–H groups in total. The summed E-state index contributed by atoms with van der Waals surface area (Å²) in [5.41, 5.74) is 2.85. The summed E-state index contributed by atoms with van der Waals surface area (Å²) < 4.78 is 0. The fraction of sp³-hybridized carbons (Fsp3) is 0.409. The second-order valence-corrected chi connectivity index (χ2v) is 7.56. The number of rotatable bonds is 8. The highest BCUT2D eigenvalue weighted by Gasteiger charge is 2.32. The van der Waals surface area contributed by atoms with Crippen LogP contribution in [0.2, 0.25) is 0 Å². The third kappa shape index (κ3) is 4.94. The van der Waals surface area contributed by atoms with Crippen molar-refractivity contribution in [3.8, 4) is 0 Å². The summed E-state index contributed by atoms with van der Waals surface area (Å²) in [5.74, 6) is 0.188. The minimum Gasteiger partial charge on any atom is -0.349 e. The van der Waals surface area contributed by atoms with Gasteiger partial charge in [-0.25, -0.2) is 0 Å². The molecular weight excluding hydrogens is 338 g/mol. The summed E-state index contributed by atoms with van der Waals surface area (Å²) in [6.45, 7) is 0.612. The molecule has 0 radical (unpaired) electrons. The molecule has 2 fully saturated rings. The largest absolute Gasteiger partial charge is 0.349 e. The summed E-state index contributed by atoms with van der Waals surface area (Å²) in [4.78, 5) is 30.9. The van der Waals surface area contributed by atoms with Gasteiger partial charge in [0.25, 0.3) is 5.91 Å². The van der Waals surface area contributed by atoms with E-state index in [0.29, 0.717) is 30.6 Å². The molecule has 1 heterocycles. The molecular formula is C22H25N3O2. The van der Waals surface area contributed by atoms with Crippen LogP contribution < -0.4 is 5.32 Å². The quantitative estimate of drug-likeness (QED) is 0.784. The number of benzene rings is 1. The van der Waals surface area contributed by atoms with E-state index in [1.165, 1.54) is 0 Å². The lowest BCUT2D eigenvalue weighted by Gasteiger charge is -2.23. The van der Waals surface area contributed by atoms with Crippen LogP contribution in [0, 0.1) is 0 Å². The van der Waals surface area contributed by atoms with Gasteiger partial charge in [0.2, 0.25) is 5.91 Å². The standard InChI is InChI=1S/C22H25N3O2/c26-21(12-5-16-2-1-13-23-14-16)25(20-10-11-20)15-17-3-6-18(7-4-17)22(27)24-19-8-9-19/h1-4,6-7,13-14,19-20H,5,8-12,15H2,(H,24,27). The highest BCUT2D eigenvalue weighted by Crippen LogP contribution is 2.29. The highest BCUT2D eigenvalue weighted by molar-refractivity contribution is 5.94. The Kier molecular flexibility index (Phi) is 5.19. The fourth-order valence-corrected chi connectivity index (χ4v) is 3.20. The first-order valence-corrected chi connectivity index (χ1v) is 9.77. The van der Waals surface area contributed by atoms with Gasteiger partial charge in [-0.05, 0) is 61.4 Å². The topological polar surface area (TPSA) is 62.3 Å². The maximum Gasteiger partial charge on any atom is 0.251 e. The van der Waals surface area contributed by atoms with Gasteiger partial charge in [-0.15, -0.1) is 0 Å². The molecule has 2 saturated carbocycles. The average molecular weight is 363 g/mol. The van der Waals surface area contributed by atoms with E-state index < -0.39 is 0 Å². The molecule has 0 atom stereocenters. The second kappa shape index (κ2) is 7.91. The number of nitrogens with one attached hydrogen (secondary N) is 1. The minimum atomic E-state index is -0.00403. The highest BCUT2D eigenvalue weighted by atomic mass is 16.2. The van der Waals surface area contributed by atoms with Gasteiger partial charge in [0.05, 0.1) is 0 Å². The van der Waals surface area contributed by atoms with Crippen molar-refractivity contribution in [1.29, 1.82) is 0 Å². The molecule has 2 aromatic rings. The average Bonchev–Trinajstić information content (AvgIpc) is 3.60. The van der Waals surface area contributed by atoms with Crippen molar-refractivity contribution in [1.82, 2.24) is 15.2 Å². The summed E-state index contributed by atoms with van der Waals surface area (Å²) in [5, 5.41) is 3.00. The summed E-state index contributed by atoms with van der Waals surface area (Å²) in [6, 6.07) is 12.3. The van der Waals surface area contributed by atoms with Gasteiger partial charge in [-0.3, -0.25) is 14.6 Å². The fourth-order valence-electron chi connectivity index (χ4n) is 3.20. The molecule has 27 heavy (non-hydrogen) atoms. The van der Waals surface area contributed by atoms with Crippen molar-refractivity contribution in [2.45, 2.75) is 57.2 Å². The van der Waals surface area contributed by atoms with Crippen LogP contribution in [0.1, 0.15) is 53.6 Å². The Morgan fingerprint density at radius 3 is 2.44 bits per heavy atom. The van der Waals surface area contributed by atoms with E-state index in [2.05, 4.69) is 10.3 Å². The van der Waals surface area contributed by atoms with Crippen molar-refractivity contribution >= 4 is 11.8 Å². The maximum absolute atomic E-state index is 12.7. The van der Waals surface area contributed by atoms with Crippen molar-refractivity contribution in [3.63, 3.8) is 0 Å². The predicted molar refractivity (Wildman–Crippen MR) is 103 cm³/mol. The SMILES string of the molecule is O=C(NC1CC1)c1ccc(CN(C(=O)CCc2cccnc2)C2CC2)cc1. The Balaban J connectivity index is 1.35. The zero-order valence-electron chi connectivity index (χ0n) is 15.4. The Morgan fingerprint density at radius 2 is 1.81 bits per heavy atom. The van der Waals surface area contributed by atoms with Crippen molar-refractivity contribution < 1.29 is 9.59 Å². The second-order valence-electron chi connectivity index (χ2n) is 7.56. The van der Waals surface area contributed by atoms with E-state index in [0.717, 1.165) is 43.2 Å². The normalized spacial score (nSPS) is 16.0. The van der Waals surface area contributed by atoms with Crippen LogP contribution >= 0.6 is 0 Å². The van der Waals surface area contributed by atoms with Crippen LogP contribution in [0.4, 0.5) is 0 Å². The monoisotopic (exact) mass is 363 g/mol. The molecule has 5 nitrogen and oxygen atoms in total. The lowest BCUT2D eigenvalue weighted by Crippen LogP contribution is -2.32.